The Morgan fingerprint density at radius 1 is 1.44 bits per heavy atom. The van der Waals surface area contributed by atoms with Crippen LogP contribution in [-0.4, -0.2) is 18.5 Å². The van der Waals surface area contributed by atoms with Crippen LogP contribution in [0.15, 0.2) is 17.5 Å². The normalized spacial score (nSPS) is 12.8. The van der Waals surface area contributed by atoms with Crippen LogP contribution in [-0.2, 0) is 11.3 Å². The molecule has 1 unspecified atom stereocenters. The Kier molecular flexibility index (Phi) is 5.49. The predicted molar refractivity (Wildman–Crippen MR) is 68.5 cm³/mol. The van der Waals surface area contributed by atoms with Gasteiger partial charge in [-0.25, -0.2) is 0 Å². The van der Waals surface area contributed by atoms with Crippen molar-refractivity contribution < 1.29 is 4.79 Å². The summed E-state index contributed by atoms with van der Waals surface area (Å²) in [5.74, 6) is 0.568. The summed E-state index contributed by atoms with van der Waals surface area (Å²) in [5, 5.41) is 8.16. The van der Waals surface area contributed by atoms with Gasteiger partial charge in [-0.15, -0.1) is 11.3 Å². The van der Waals surface area contributed by atoms with Gasteiger partial charge in [0.25, 0.3) is 0 Å². The molecule has 2 N–H and O–H groups in total. The molecule has 16 heavy (non-hydrogen) atoms. The van der Waals surface area contributed by atoms with E-state index in [4.69, 9.17) is 0 Å². The van der Waals surface area contributed by atoms with E-state index in [1.165, 1.54) is 4.88 Å². The van der Waals surface area contributed by atoms with Gasteiger partial charge in [0.1, 0.15) is 0 Å². The maximum absolute atomic E-state index is 11.6. The van der Waals surface area contributed by atoms with Gasteiger partial charge >= 0.3 is 0 Å². The molecule has 0 aromatic carbocycles. The molecule has 0 bridgehead atoms. The van der Waals surface area contributed by atoms with Gasteiger partial charge in [0.05, 0.1) is 6.04 Å². The lowest BCUT2D eigenvalue weighted by atomic mass is 10.2. The summed E-state index contributed by atoms with van der Waals surface area (Å²) in [6, 6.07) is 3.95. The quantitative estimate of drug-likeness (QED) is 0.798. The third-order valence-corrected chi connectivity index (χ3v) is 3.12. The summed E-state index contributed by atoms with van der Waals surface area (Å²) in [4.78, 5) is 12.9. The smallest absolute Gasteiger partial charge is 0.236 e. The van der Waals surface area contributed by atoms with Crippen molar-refractivity contribution in [3.63, 3.8) is 0 Å². The van der Waals surface area contributed by atoms with Gasteiger partial charge in [-0.1, -0.05) is 19.9 Å². The summed E-state index contributed by atoms with van der Waals surface area (Å²) in [6.07, 6.45) is 0. The fourth-order valence-corrected chi connectivity index (χ4v) is 1.87. The maximum atomic E-state index is 11.6. The SMILES string of the molecule is CC(C)CNC(=O)C(C)NCc1cccs1. The number of hydrogen-bond acceptors (Lipinski definition) is 3. The second kappa shape index (κ2) is 6.66. The fraction of sp³-hybridized carbons (Fsp3) is 0.583. The third kappa shape index (κ3) is 4.77. The van der Waals surface area contributed by atoms with Gasteiger partial charge in [-0.2, -0.15) is 0 Å². The largest absolute Gasteiger partial charge is 0.354 e. The molecule has 1 atom stereocenters. The fourth-order valence-electron chi connectivity index (χ4n) is 1.22. The highest BCUT2D eigenvalue weighted by molar-refractivity contribution is 7.09. The van der Waals surface area contributed by atoms with Crippen molar-refractivity contribution in [1.82, 2.24) is 10.6 Å². The molecule has 1 heterocycles. The average molecular weight is 240 g/mol. The highest BCUT2D eigenvalue weighted by Gasteiger charge is 2.11. The number of nitrogens with one attached hydrogen (secondary N) is 2. The molecule has 0 fully saturated rings. The van der Waals surface area contributed by atoms with Crippen LogP contribution in [0.3, 0.4) is 0 Å². The first-order valence-corrected chi connectivity index (χ1v) is 6.51. The van der Waals surface area contributed by atoms with Crippen LogP contribution >= 0.6 is 11.3 Å². The van der Waals surface area contributed by atoms with E-state index < -0.39 is 0 Å². The Balaban J connectivity index is 2.23. The number of hydrogen-bond donors (Lipinski definition) is 2. The zero-order valence-corrected chi connectivity index (χ0v) is 10.9. The summed E-state index contributed by atoms with van der Waals surface area (Å²) in [7, 11) is 0. The van der Waals surface area contributed by atoms with Crippen LogP contribution in [0.4, 0.5) is 0 Å². The molecule has 0 spiro atoms. The lowest BCUT2D eigenvalue weighted by Crippen LogP contribution is -2.42. The molecule has 1 aromatic rings. The van der Waals surface area contributed by atoms with E-state index in [0.717, 1.165) is 13.1 Å². The topological polar surface area (TPSA) is 41.1 Å². The molecule has 3 nitrogen and oxygen atoms in total. The van der Waals surface area contributed by atoms with Crippen LogP contribution in [0.5, 0.6) is 0 Å². The van der Waals surface area contributed by atoms with Crippen molar-refractivity contribution in [3.8, 4) is 0 Å². The Hall–Kier alpha value is -0.870. The molecule has 0 radical (unpaired) electrons. The molecule has 0 aliphatic carbocycles. The van der Waals surface area contributed by atoms with E-state index in [1.54, 1.807) is 11.3 Å². The van der Waals surface area contributed by atoms with Crippen molar-refractivity contribution in [2.45, 2.75) is 33.4 Å². The summed E-state index contributed by atoms with van der Waals surface area (Å²) in [5.41, 5.74) is 0. The summed E-state index contributed by atoms with van der Waals surface area (Å²) in [6.45, 7) is 7.56. The number of rotatable bonds is 6. The van der Waals surface area contributed by atoms with Crippen molar-refractivity contribution in [2.24, 2.45) is 5.92 Å². The van der Waals surface area contributed by atoms with Gasteiger partial charge in [0.2, 0.25) is 5.91 Å². The molecule has 1 aromatic heterocycles. The first kappa shape index (κ1) is 13.2. The summed E-state index contributed by atoms with van der Waals surface area (Å²) < 4.78 is 0. The van der Waals surface area contributed by atoms with Crippen LogP contribution in [0.1, 0.15) is 25.6 Å². The summed E-state index contributed by atoms with van der Waals surface area (Å²) >= 11 is 1.70. The van der Waals surface area contributed by atoms with Gasteiger partial charge in [0.15, 0.2) is 0 Å². The lowest BCUT2D eigenvalue weighted by molar-refractivity contribution is -0.122. The van der Waals surface area contributed by atoms with E-state index >= 15 is 0 Å². The molecule has 1 amide bonds. The molecule has 90 valence electrons. The second-order valence-electron chi connectivity index (χ2n) is 4.32. The van der Waals surface area contributed by atoms with Gasteiger partial charge < -0.3 is 10.6 Å². The Morgan fingerprint density at radius 2 is 2.19 bits per heavy atom. The van der Waals surface area contributed by atoms with Crippen LogP contribution < -0.4 is 10.6 Å². The molecular formula is C12H20N2OS. The number of carbonyl (C=O) groups is 1. The van der Waals surface area contributed by atoms with Crippen molar-refractivity contribution in [1.29, 1.82) is 0 Å². The highest BCUT2D eigenvalue weighted by Crippen LogP contribution is 2.07. The van der Waals surface area contributed by atoms with E-state index in [0.29, 0.717) is 5.92 Å². The molecule has 0 aliphatic rings. The minimum Gasteiger partial charge on any atom is -0.354 e. The molecular weight excluding hydrogens is 220 g/mol. The van der Waals surface area contributed by atoms with E-state index in [9.17, 15) is 4.79 Å². The van der Waals surface area contributed by atoms with Crippen LogP contribution in [0.2, 0.25) is 0 Å². The standard InChI is InChI=1S/C12H20N2OS/c1-9(2)7-14-12(15)10(3)13-8-11-5-4-6-16-11/h4-6,9-10,13H,7-8H2,1-3H3,(H,14,15). The minimum atomic E-state index is -0.138. The minimum absolute atomic E-state index is 0.0743. The van der Waals surface area contributed by atoms with E-state index in [2.05, 4.69) is 30.5 Å². The average Bonchev–Trinajstić information content (AvgIpc) is 2.75. The highest BCUT2D eigenvalue weighted by atomic mass is 32.1. The van der Waals surface area contributed by atoms with Gasteiger partial charge in [-0.05, 0) is 24.3 Å². The number of thiophene rings is 1. The van der Waals surface area contributed by atoms with Crippen molar-refractivity contribution >= 4 is 17.2 Å². The molecule has 1 rings (SSSR count). The Labute approximate surface area is 101 Å². The first-order valence-electron chi connectivity index (χ1n) is 5.63. The zero-order valence-electron chi connectivity index (χ0n) is 10.1. The lowest BCUT2D eigenvalue weighted by Gasteiger charge is -2.14. The Morgan fingerprint density at radius 3 is 2.75 bits per heavy atom. The predicted octanol–water partition coefficient (Wildman–Crippen LogP) is 2.00. The molecule has 0 saturated carbocycles. The van der Waals surface area contributed by atoms with Crippen molar-refractivity contribution in [3.05, 3.63) is 22.4 Å². The monoisotopic (exact) mass is 240 g/mol. The van der Waals surface area contributed by atoms with Crippen molar-refractivity contribution in [2.75, 3.05) is 6.54 Å². The molecule has 0 aliphatic heterocycles. The van der Waals surface area contributed by atoms with Crippen LogP contribution in [0, 0.1) is 5.92 Å². The van der Waals surface area contributed by atoms with E-state index in [-0.39, 0.29) is 11.9 Å². The second-order valence-corrected chi connectivity index (χ2v) is 5.35. The number of carbonyl (C=O) groups excluding carboxylic acids is 1. The molecule has 0 saturated heterocycles. The Bertz CT molecular complexity index is 309. The van der Waals surface area contributed by atoms with Gasteiger partial charge in [-0.3, -0.25) is 4.79 Å². The number of amides is 1. The first-order chi connectivity index (χ1) is 7.59. The van der Waals surface area contributed by atoms with Crippen LogP contribution in [0.25, 0.3) is 0 Å². The molecule has 4 heteroatoms. The third-order valence-electron chi connectivity index (χ3n) is 2.24. The maximum Gasteiger partial charge on any atom is 0.236 e. The van der Waals surface area contributed by atoms with E-state index in [1.807, 2.05) is 18.4 Å². The zero-order chi connectivity index (χ0) is 12.0. The van der Waals surface area contributed by atoms with Gasteiger partial charge in [0, 0.05) is 18.0 Å².